The molecule has 0 fully saturated rings. The average molecular weight is 171 g/mol. The van der Waals surface area contributed by atoms with Crippen LogP contribution < -0.4 is 4.73 Å². The van der Waals surface area contributed by atoms with E-state index in [1.165, 1.54) is 6.07 Å². The fourth-order valence-corrected chi connectivity index (χ4v) is 0.749. The Bertz CT molecular complexity index is 293. The fraction of sp³-hybridized carbons (Fsp3) is 0.143. The van der Waals surface area contributed by atoms with E-state index >= 15 is 0 Å². The SMILES string of the molecule is COC(=O)c1c(F)ccc[n+]1[O-]. The first kappa shape index (κ1) is 8.45. The molecule has 0 N–H and O–H groups in total. The van der Waals surface area contributed by atoms with Gasteiger partial charge in [0, 0.05) is 6.07 Å². The topological polar surface area (TPSA) is 53.2 Å². The first-order valence-corrected chi connectivity index (χ1v) is 3.13. The lowest BCUT2D eigenvalue weighted by Crippen LogP contribution is -2.35. The molecule has 0 aromatic carbocycles. The number of aromatic nitrogens is 1. The normalized spacial score (nSPS) is 9.50. The molecular formula is C7H6FNO3. The molecule has 1 aromatic rings. The molecule has 0 saturated heterocycles. The molecule has 0 amide bonds. The number of esters is 1. The van der Waals surface area contributed by atoms with Crippen molar-refractivity contribution in [2.45, 2.75) is 0 Å². The van der Waals surface area contributed by atoms with E-state index < -0.39 is 17.5 Å². The van der Waals surface area contributed by atoms with E-state index in [4.69, 9.17) is 0 Å². The van der Waals surface area contributed by atoms with E-state index in [0.29, 0.717) is 0 Å². The average Bonchev–Trinajstić information content (AvgIpc) is 2.03. The molecule has 0 aliphatic heterocycles. The van der Waals surface area contributed by atoms with E-state index in [1.807, 2.05) is 0 Å². The highest BCUT2D eigenvalue weighted by atomic mass is 19.1. The molecule has 0 spiro atoms. The highest BCUT2D eigenvalue weighted by molar-refractivity contribution is 5.85. The van der Waals surface area contributed by atoms with Gasteiger partial charge in [0.15, 0.2) is 6.20 Å². The van der Waals surface area contributed by atoms with Gasteiger partial charge in [0.2, 0.25) is 5.82 Å². The van der Waals surface area contributed by atoms with Crippen molar-refractivity contribution in [2.24, 2.45) is 0 Å². The number of carbonyl (C=O) groups excluding carboxylic acids is 1. The molecule has 0 aliphatic rings. The molecular weight excluding hydrogens is 165 g/mol. The Morgan fingerprint density at radius 2 is 2.42 bits per heavy atom. The van der Waals surface area contributed by atoms with Crippen LogP contribution in [0.25, 0.3) is 0 Å². The molecule has 12 heavy (non-hydrogen) atoms. The summed E-state index contributed by atoms with van der Waals surface area (Å²) in [6.45, 7) is 0. The van der Waals surface area contributed by atoms with Crippen LogP contribution >= 0.6 is 0 Å². The Morgan fingerprint density at radius 3 is 2.92 bits per heavy atom. The zero-order chi connectivity index (χ0) is 9.14. The van der Waals surface area contributed by atoms with Gasteiger partial charge in [0.05, 0.1) is 7.11 Å². The van der Waals surface area contributed by atoms with Gasteiger partial charge in [-0.1, -0.05) is 0 Å². The molecule has 1 aromatic heterocycles. The second-order valence-corrected chi connectivity index (χ2v) is 2.02. The van der Waals surface area contributed by atoms with Gasteiger partial charge < -0.3 is 9.94 Å². The first-order chi connectivity index (χ1) is 5.66. The minimum atomic E-state index is -0.983. The van der Waals surface area contributed by atoms with Crippen LogP contribution in [0.2, 0.25) is 0 Å². The third kappa shape index (κ3) is 1.34. The number of pyridine rings is 1. The van der Waals surface area contributed by atoms with Crippen molar-refractivity contribution in [1.82, 2.24) is 0 Å². The maximum absolute atomic E-state index is 12.8. The van der Waals surface area contributed by atoms with Crippen LogP contribution in [-0.2, 0) is 4.74 Å². The third-order valence-electron chi connectivity index (χ3n) is 1.29. The highest BCUT2D eigenvalue weighted by Gasteiger charge is 2.21. The molecule has 4 nitrogen and oxygen atoms in total. The summed E-state index contributed by atoms with van der Waals surface area (Å²) in [5.41, 5.74) is -0.625. The first-order valence-electron chi connectivity index (χ1n) is 3.13. The monoisotopic (exact) mass is 171 g/mol. The van der Waals surface area contributed by atoms with Crippen LogP contribution in [0.5, 0.6) is 0 Å². The quantitative estimate of drug-likeness (QED) is 0.345. The summed E-state index contributed by atoms with van der Waals surface area (Å²) in [6.07, 6.45) is 1.02. The summed E-state index contributed by atoms with van der Waals surface area (Å²) in [4.78, 5) is 10.8. The van der Waals surface area contributed by atoms with Crippen molar-refractivity contribution in [2.75, 3.05) is 7.11 Å². The van der Waals surface area contributed by atoms with Crippen LogP contribution in [0.3, 0.4) is 0 Å². The minimum Gasteiger partial charge on any atom is -0.618 e. The second-order valence-electron chi connectivity index (χ2n) is 2.02. The Labute approximate surface area is 67.8 Å². The number of ether oxygens (including phenoxy) is 1. The summed E-state index contributed by atoms with van der Waals surface area (Å²) in [5.74, 6) is -1.87. The number of hydrogen-bond donors (Lipinski definition) is 0. The molecule has 0 bridgehead atoms. The van der Waals surface area contributed by atoms with Gasteiger partial charge in [-0.05, 0) is 6.07 Å². The van der Waals surface area contributed by atoms with Crippen molar-refractivity contribution in [1.29, 1.82) is 0 Å². The number of methoxy groups -OCH3 is 1. The van der Waals surface area contributed by atoms with Gasteiger partial charge in [-0.2, -0.15) is 9.12 Å². The number of rotatable bonds is 1. The van der Waals surface area contributed by atoms with Crippen LogP contribution in [0.15, 0.2) is 18.3 Å². The largest absolute Gasteiger partial charge is 0.618 e. The van der Waals surface area contributed by atoms with E-state index in [0.717, 1.165) is 19.4 Å². The van der Waals surface area contributed by atoms with Crippen molar-refractivity contribution in [3.8, 4) is 0 Å². The molecule has 1 rings (SSSR count). The summed E-state index contributed by atoms with van der Waals surface area (Å²) >= 11 is 0. The van der Waals surface area contributed by atoms with Gasteiger partial charge in [-0.3, -0.25) is 0 Å². The minimum absolute atomic E-state index is 0.126. The van der Waals surface area contributed by atoms with Crippen molar-refractivity contribution < 1.29 is 18.7 Å². The predicted molar refractivity (Wildman–Crippen MR) is 36.7 cm³/mol. The molecule has 0 aliphatic carbocycles. The predicted octanol–water partition coefficient (Wildman–Crippen LogP) is 0.246. The summed E-state index contributed by atoms with van der Waals surface area (Å²) in [7, 11) is 1.08. The molecule has 64 valence electrons. The molecule has 0 radical (unpaired) electrons. The zero-order valence-corrected chi connectivity index (χ0v) is 6.28. The van der Waals surface area contributed by atoms with Crippen LogP contribution in [0, 0.1) is 11.0 Å². The Morgan fingerprint density at radius 1 is 1.75 bits per heavy atom. The Hall–Kier alpha value is -1.65. The van der Waals surface area contributed by atoms with Gasteiger partial charge in [0.1, 0.15) is 0 Å². The van der Waals surface area contributed by atoms with Gasteiger partial charge >= 0.3 is 11.7 Å². The van der Waals surface area contributed by atoms with Gasteiger partial charge in [-0.25, -0.2) is 4.79 Å². The second kappa shape index (κ2) is 3.17. The summed E-state index contributed by atoms with van der Waals surface area (Å²) < 4.78 is 17.1. The summed E-state index contributed by atoms with van der Waals surface area (Å²) in [5, 5.41) is 10.8. The van der Waals surface area contributed by atoms with Gasteiger partial charge in [-0.15, -0.1) is 0 Å². The van der Waals surface area contributed by atoms with Crippen LogP contribution in [-0.4, -0.2) is 13.1 Å². The zero-order valence-electron chi connectivity index (χ0n) is 6.28. The van der Waals surface area contributed by atoms with Crippen molar-refractivity contribution in [3.05, 3.63) is 35.0 Å². The molecule has 0 saturated carbocycles. The smallest absolute Gasteiger partial charge is 0.407 e. The lowest BCUT2D eigenvalue weighted by Gasteiger charge is -2.01. The number of carbonyl (C=O) groups is 1. The van der Waals surface area contributed by atoms with E-state index in [2.05, 4.69) is 4.74 Å². The lowest BCUT2D eigenvalue weighted by molar-refractivity contribution is -0.610. The molecule has 0 unspecified atom stereocenters. The van der Waals surface area contributed by atoms with Crippen molar-refractivity contribution >= 4 is 5.97 Å². The maximum Gasteiger partial charge on any atom is 0.407 e. The van der Waals surface area contributed by atoms with Gasteiger partial charge in [0.25, 0.3) is 0 Å². The highest BCUT2D eigenvalue weighted by Crippen LogP contribution is 2.01. The standard InChI is InChI=1S/C7H6FNO3/c1-12-7(10)6-5(8)3-2-4-9(6)11/h2-4H,1H3. The summed E-state index contributed by atoms with van der Waals surface area (Å²) in [6, 6.07) is 2.22. The number of hydrogen-bond acceptors (Lipinski definition) is 3. The van der Waals surface area contributed by atoms with Crippen LogP contribution in [0.4, 0.5) is 4.39 Å². The van der Waals surface area contributed by atoms with Crippen LogP contribution in [0.1, 0.15) is 10.5 Å². The fourth-order valence-electron chi connectivity index (χ4n) is 0.749. The van der Waals surface area contributed by atoms with E-state index in [-0.39, 0.29) is 4.73 Å². The number of halogens is 1. The molecule has 1 heterocycles. The molecule has 0 atom stereocenters. The third-order valence-corrected chi connectivity index (χ3v) is 1.29. The molecule has 5 heteroatoms. The Balaban J connectivity index is 3.21. The maximum atomic E-state index is 12.8. The number of nitrogens with zero attached hydrogens (tertiary/aromatic N) is 1. The van der Waals surface area contributed by atoms with E-state index in [9.17, 15) is 14.4 Å². The lowest BCUT2D eigenvalue weighted by atomic mass is 10.3. The van der Waals surface area contributed by atoms with Crippen molar-refractivity contribution in [3.63, 3.8) is 0 Å². The van der Waals surface area contributed by atoms with E-state index in [1.54, 1.807) is 0 Å². The Kier molecular flexibility index (Phi) is 2.23.